The number of carbonyl (C=O) groups is 1. The molecule has 0 unspecified atom stereocenters. The van der Waals surface area contributed by atoms with Crippen molar-refractivity contribution in [2.45, 2.75) is 11.8 Å². The Labute approximate surface area is 117 Å². The summed E-state index contributed by atoms with van der Waals surface area (Å²) in [4.78, 5) is 13.0. The van der Waals surface area contributed by atoms with Crippen molar-refractivity contribution in [1.29, 1.82) is 0 Å². The van der Waals surface area contributed by atoms with Gasteiger partial charge in [0.2, 0.25) is 15.9 Å². The fourth-order valence-electron chi connectivity index (χ4n) is 2.04. The molecule has 7 heteroatoms. The van der Waals surface area contributed by atoms with Gasteiger partial charge in [0.1, 0.15) is 4.90 Å². The molecule has 0 spiro atoms. The number of benzene rings is 1. The van der Waals surface area contributed by atoms with Crippen molar-refractivity contribution in [3.8, 4) is 0 Å². The molecule has 1 heterocycles. The van der Waals surface area contributed by atoms with Crippen LogP contribution in [0.2, 0.25) is 5.02 Å². The quantitative estimate of drug-likeness (QED) is 0.824. The van der Waals surface area contributed by atoms with Gasteiger partial charge < -0.3 is 4.90 Å². The molecule has 2 rings (SSSR count). The minimum atomic E-state index is -3.58. The van der Waals surface area contributed by atoms with Gasteiger partial charge in [-0.05, 0) is 12.1 Å². The monoisotopic (exact) mass is 302 g/mol. The van der Waals surface area contributed by atoms with Crippen molar-refractivity contribution in [3.63, 3.8) is 0 Å². The molecule has 1 aromatic carbocycles. The number of nitrogens with zero attached hydrogens (tertiary/aromatic N) is 2. The van der Waals surface area contributed by atoms with Gasteiger partial charge in [0, 0.05) is 33.1 Å². The minimum Gasteiger partial charge on any atom is -0.340 e. The van der Waals surface area contributed by atoms with Gasteiger partial charge in [-0.1, -0.05) is 23.7 Å². The van der Waals surface area contributed by atoms with Gasteiger partial charge in [0.15, 0.2) is 0 Å². The summed E-state index contributed by atoms with van der Waals surface area (Å²) < 4.78 is 26.2. The highest BCUT2D eigenvalue weighted by atomic mass is 35.5. The van der Waals surface area contributed by atoms with Crippen LogP contribution in [0.3, 0.4) is 0 Å². The van der Waals surface area contributed by atoms with Gasteiger partial charge >= 0.3 is 0 Å². The lowest BCUT2D eigenvalue weighted by Crippen LogP contribution is -2.49. The Morgan fingerprint density at radius 1 is 1.16 bits per heavy atom. The summed E-state index contributed by atoms with van der Waals surface area (Å²) in [6.45, 7) is 2.91. The van der Waals surface area contributed by atoms with Gasteiger partial charge in [0.25, 0.3) is 0 Å². The maximum absolute atomic E-state index is 12.4. The molecule has 0 saturated carbocycles. The van der Waals surface area contributed by atoms with E-state index in [9.17, 15) is 13.2 Å². The van der Waals surface area contributed by atoms with E-state index in [-0.39, 0.29) is 15.8 Å². The van der Waals surface area contributed by atoms with Gasteiger partial charge in [-0.15, -0.1) is 0 Å². The molecular weight excluding hydrogens is 288 g/mol. The Morgan fingerprint density at radius 2 is 1.74 bits per heavy atom. The highest BCUT2D eigenvalue weighted by molar-refractivity contribution is 7.89. The van der Waals surface area contributed by atoms with Crippen LogP contribution in [0.5, 0.6) is 0 Å². The minimum absolute atomic E-state index is 0.0326. The summed E-state index contributed by atoms with van der Waals surface area (Å²) in [7, 11) is -3.58. The zero-order chi connectivity index (χ0) is 14.0. The molecule has 1 amide bonds. The molecule has 1 fully saturated rings. The molecule has 0 N–H and O–H groups in total. The van der Waals surface area contributed by atoms with E-state index in [0.717, 1.165) is 0 Å². The van der Waals surface area contributed by atoms with E-state index >= 15 is 0 Å². The zero-order valence-electron chi connectivity index (χ0n) is 10.5. The summed E-state index contributed by atoms with van der Waals surface area (Å²) in [6, 6.07) is 6.38. The van der Waals surface area contributed by atoms with Crippen LogP contribution < -0.4 is 0 Å². The molecule has 0 aliphatic carbocycles. The smallest absolute Gasteiger partial charge is 0.244 e. The topological polar surface area (TPSA) is 57.7 Å². The molecule has 1 aliphatic rings. The van der Waals surface area contributed by atoms with Crippen molar-refractivity contribution < 1.29 is 13.2 Å². The molecule has 1 aliphatic heterocycles. The zero-order valence-corrected chi connectivity index (χ0v) is 12.1. The summed E-state index contributed by atoms with van der Waals surface area (Å²) in [6.07, 6.45) is 0. The fraction of sp³-hybridized carbons (Fsp3) is 0.417. The first-order valence-corrected chi connectivity index (χ1v) is 7.75. The number of carbonyl (C=O) groups excluding carboxylic acids is 1. The molecule has 104 valence electrons. The molecule has 0 bridgehead atoms. The number of amides is 1. The second kappa shape index (κ2) is 5.48. The van der Waals surface area contributed by atoms with E-state index in [0.29, 0.717) is 26.2 Å². The van der Waals surface area contributed by atoms with E-state index in [2.05, 4.69) is 0 Å². The lowest BCUT2D eigenvalue weighted by atomic mass is 10.3. The first kappa shape index (κ1) is 14.3. The lowest BCUT2D eigenvalue weighted by molar-refractivity contribution is -0.129. The fourth-order valence-corrected chi connectivity index (χ4v) is 3.95. The molecule has 19 heavy (non-hydrogen) atoms. The molecule has 0 radical (unpaired) electrons. The number of hydrogen-bond acceptors (Lipinski definition) is 3. The molecule has 5 nitrogen and oxygen atoms in total. The maximum atomic E-state index is 12.4. The SMILES string of the molecule is CC(=O)N1CCN(S(=O)(=O)c2ccccc2Cl)CC1. The van der Waals surface area contributed by atoms with E-state index in [4.69, 9.17) is 11.6 Å². The van der Waals surface area contributed by atoms with Crippen LogP contribution in [0.4, 0.5) is 0 Å². The average Bonchev–Trinajstić information content (AvgIpc) is 2.39. The third kappa shape index (κ3) is 2.91. The number of sulfonamides is 1. The average molecular weight is 303 g/mol. The summed E-state index contributed by atoms with van der Waals surface area (Å²) >= 11 is 5.94. The van der Waals surface area contributed by atoms with Crippen LogP contribution in [-0.4, -0.2) is 49.7 Å². The molecular formula is C12H15ClN2O3S. The van der Waals surface area contributed by atoms with Crippen LogP contribution in [0, 0.1) is 0 Å². The van der Waals surface area contributed by atoms with Crippen molar-refractivity contribution in [1.82, 2.24) is 9.21 Å². The Bertz CT molecular complexity index is 580. The van der Waals surface area contributed by atoms with Crippen molar-refractivity contribution >= 4 is 27.5 Å². The van der Waals surface area contributed by atoms with Crippen molar-refractivity contribution in [2.75, 3.05) is 26.2 Å². The summed E-state index contributed by atoms with van der Waals surface area (Å²) in [5.41, 5.74) is 0. The Morgan fingerprint density at radius 3 is 2.26 bits per heavy atom. The van der Waals surface area contributed by atoms with Crippen LogP contribution in [0.15, 0.2) is 29.2 Å². The van der Waals surface area contributed by atoms with E-state index in [1.807, 2.05) is 0 Å². The van der Waals surface area contributed by atoms with Crippen LogP contribution in [0.1, 0.15) is 6.92 Å². The summed E-state index contributed by atoms with van der Waals surface area (Å²) in [5, 5.41) is 0.219. The Hall–Kier alpha value is -1.11. The molecule has 0 atom stereocenters. The van der Waals surface area contributed by atoms with Gasteiger partial charge in [-0.3, -0.25) is 4.79 Å². The van der Waals surface area contributed by atoms with E-state index < -0.39 is 10.0 Å². The van der Waals surface area contributed by atoms with E-state index in [1.54, 1.807) is 23.1 Å². The maximum Gasteiger partial charge on any atom is 0.244 e. The number of piperazine rings is 1. The van der Waals surface area contributed by atoms with Crippen LogP contribution in [0.25, 0.3) is 0 Å². The first-order valence-electron chi connectivity index (χ1n) is 5.93. The third-order valence-electron chi connectivity index (χ3n) is 3.14. The third-order valence-corrected chi connectivity index (χ3v) is 5.54. The normalized spacial score (nSPS) is 17.5. The predicted octanol–water partition coefficient (Wildman–Crippen LogP) is 1.19. The van der Waals surface area contributed by atoms with Crippen molar-refractivity contribution in [2.24, 2.45) is 0 Å². The Kier molecular flexibility index (Phi) is 4.13. The Balaban J connectivity index is 2.19. The second-order valence-electron chi connectivity index (χ2n) is 4.34. The molecule has 0 aromatic heterocycles. The predicted molar refractivity (Wildman–Crippen MR) is 72.5 cm³/mol. The van der Waals surface area contributed by atoms with Gasteiger partial charge in [-0.25, -0.2) is 8.42 Å². The second-order valence-corrected chi connectivity index (χ2v) is 6.65. The first-order chi connectivity index (χ1) is 8.93. The van der Waals surface area contributed by atoms with Gasteiger partial charge in [-0.2, -0.15) is 4.31 Å². The number of halogens is 1. The molecule has 1 aromatic rings. The van der Waals surface area contributed by atoms with Crippen LogP contribution >= 0.6 is 11.6 Å². The van der Waals surface area contributed by atoms with Crippen LogP contribution in [-0.2, 0) is 14.8 Å². The standard InChI is InChI=1S/C12H15ClN2O3S/c1-10(16)14-6-8-15(9-7-14)19(17,18)12-5-3-2-4-11(12)13/h2-5H,6-9H2,1H3. The largest absolute Gasteiger partial charge is 0.340 e. The highest BCUT2D eigenvalue weighted by Crippen LogP contribution is 2.24. The highest BCUT2D eigenvalue weighted by Gasteiger charge is 2.30. The van der Waals surface area contributed by atoms with E-state index in [1.165, 1.54) is 17.3 Å². The van der Waals surface area contributed by atoms with Gasteiger partial charge in [0.05, 0.1) is 5.02 Å². The van der Waals surface area contributed by atoms with Crippen molar-refractivity contribution in [3.05, 3.63) is 29.3 Å². The number of hydrogen-bond donors (Lipinski definition) is 0. The lowest BCUT2D eigenvalue weighted by Gasteiger charge is -2.33. The number of rotatable bonds is 2. The molecule has 1 saturated heterocycles. The summed E-state index contributed by atoms with van der Waals surface area (Å²) in [5.74, 6) is -0.0326.